The van der Waals surface area contributed by atoms with Gasteiger partial charge in [-0.15, -0.1) is 0 Å². The molecule has 0 atom stereocenters. The van der Waals surface area contributed by atoms with Crippen molar-refractivity contribution in [3.05, 3.63) is 51.5 Å². The van der Waals surface area contributed by atoms with Crippen molar-refractivity contribution in [2.45, 2.75) is 44.4 Å². The van der Waals surface area contributed by atoms with E-state index in [1.165, 1.54) is 0 Å². The molecule has 2 aromatic rings. The molecule has 1 N–H and O–H groups in total. The smallest absolute Gasteiger partial charge is 0.263 e. The molecule has 1 aliphatic heterocycles. The number of nitrogens with zero attached hydrogens (tertiary/aromatic N) is 1. The van der Waals surface area contributed by atoms with E-state index in [-0.39, 0.29) is 16.7 Å². The quantitative estimate of drug-likeness (QED) is 0.714. The Balaban J connectivity index is 1.73. The second-order valence-corrected chi connectivity index (χ2v) is 10.00. The monoisotopic (exact) mass is 462 g/mol. The summed E-state index contributed by atoms with van der Waals surface area (Å²) >= 11 is 3.43. The number of anilines is 2. The van der Waals surface area contributed by atoms with Crippen molar-refractivity contribution in [3.63, 3.8) is 0 Å². The summed E-state index contributed by atoms with van der Waals surface area (Å²) in [7, 11) is -3.81. The molecule has 0 radical (unpaired) electrons. The lowest BCUT2D eigenvalue weighted by molar-refractivity contribution is -0.119. The lowest BCUT2D eigenvalue weighted by Crippen LogP contribution is -2.30. The number of fused-ring (bicyclic) bond motifs is 1. The highest BCUT2D eigenvalue weighted by atomic mass is 79.9. The molecule has 0 saturated heterocycles. The molecule has 0 aromatic heterocycles. The van der Waals surface area contributed by atoms with Gasteiger partial charge in [-0.25, -0.2) is 8.42 Å². The Hall–Kier alpha value is -1.86. The number of para-hydroxylation sites is 1. The van der Waals surface area contributed by atoms with Crippen molar-refractivity contribution in [3.8, 4) is 0 Å². The van der Waals surface area contributed by atoms with Gasteiger partial charge in [0.15, 0.2) is 0 Å². The van der Waals surface area contributed by atoms with E-state index in [0.29, 0.717) is 16.7 Å². The first-order valence-corrected chi connectivity index (χ1v) is 11.8. The first-order valence-electron chi connectivity index (χ1n) is 9.57. The number of sulfonamides is 1. The molecule has 0 unspecified atom stereocenters. The third kappa shape index (κ3) is 3.46. The van der Waals surface area contributed by atoms with E-state index < -0.39 is 10.0 Å². The van der Waals surface area contributed by atoms with Gasteiger partial charge in [-0.1, -0.05) is 25.1 Å². The summed E-state index contributed by atoms with van der Waals surface area (Å²) in [5.41, 5.74) is 4.19. The number of carbonyl (C=O) groups excluding carboxylic acids is 1. The fourth-order valence-corrected chi connectivity index (χ4v) is 6.02. The van der Waals surface area contributed by atoms with E-state index in [0.717, 1.165) is 48.1 Å². The minimum Gasteiger partial charge on any atom is -0.312 e. The zero-order chi connectivity index (χ0) is 20.1. The van der Waals surface area contributed by atoms with Crippen LogP contribution in [0.5, 0.6) is 0 Å². The summed E-state index contributed by atoms with van der Waals surface area (Å²) in [4.78, 5) is 14.5. The Labute approximate surface area is 174 Å². The third-order valence-electron chi connectivity index (χ3n) is 5.49. The van der Waals surface area contributed by atoms with E-state index in [9.17, 15) is 13.2 Å². The van der Waals surface area contributed by atoms with E-state index >= 15 is 0 Å². The molecular weight excluding hydrogens is 440 g/mol. The van der Waals surface area contributed by atoms with Crippen LogP contribution in [-0.2, 0) is 27.7 Å². The molecule has 1 amide bonds. The number of carbonyl (C=O) groups is 1. The SMILES string of the molecule is CCc1cccc(C)c1NS(=O)(=O)c1cc2c(cc1Br)CCN2C(=O)C1CC1. The van der Waals surface area contributed by atoms with Gasteiger partial charge >= 0.3 is 0 Å². The van der Waals surface area contributed by atoms with E-state index in [2.05, 4.69) is 20.7 Å². The fraction of sp³-hybridized carbons (Fsp3) is 0.381. The molecule has 4 rings (SSSR count). The first kappa shape index (κ1) is 19.5. The molecule has 1 aliphatic carbocycles. The molecule has 28 heavy (non-hydrogen) atoms. The Kier molecular flexibility index (Phi) is 5.00. The second-order valence-electron chi connectivity index (χ2n) is 7.49. The maximum atomic E-state index is 13.2. The Morgan fingerprint density at radius 3 is 2.71 bits per heavy atom. The normalized spacial score (nSPS) is 16.2. The summed E-state index contributed by atoms with van der Waals surface area (Å²) in [6.07, 6.45) is 3.34. The lowest BCUT2D eigenvalue weighted by atomic mass is 10.1. The number of halogens is 1. The van der Waals surface area contributed by atoms with Gasteiger partial charge in [-0.3, -0.25) is 9.52 Å². The van der Waals surface area contributed by atoms with Crippen LogP contribution in [0, 0.1) is 12.8 Å². The molecule has 0 spiro atoms. The van der Waals surface area contributed by atoms with Crippen LogP contribution in [0.1, 0.15) is 36.5 Å². The van der Waals surface area contributed by atoms with E-state index in [1.807, 2.05) is 38.1 Å². The molecule has 2 aliphatic rings. The van der Waals surface area contributed by atoms with Crippen molar-refractivity contribution in [2.24, 2.45) is 5.92 Å². The molecule has 1 fully saturated rings. The van der Waals surface area contributed by atoms with Crippen molar-refractivity contribution >= 4 is 43.2 Å². The molecule has 1 heterocycles. The van der Waals surface area contributed by atoms with Crippen LogP contribution in [0.25, 0.3) is 0 Å². The minimum absolute atomic E-state index is 0.104. The third-order valence-corrected chi connectivity index (χ3v) is 7.80. The predicted molar refractivity (Wildman–Crippen MR) is 114 cm³/mol. The van der Waals surface area contributed by atoms with E-state index in [1.54, 1.807) is 11.0 Å². The number of rotatable bonds is 5. The van der Waals surface area contributed by atoms with Gasteiger partial charge < -0.3 is 4.90 Å². The summed E-state index contributed by atoms with van der Waals surface area (Å²) in [5, 5.41) is 0. The largest absolute Gasteiger partial charge is 0.312 e. The van der Waals surface area contributed by atoms with Gasteiger partial charge in [-0.05, 0) is 77.4 Å². The number of nitrogens with one attached hydrogen (secondary N) is 1. The van der Waals surface area contributed by atoms with Gasteiger partial charge in [0, 0.05) is 22.6 Å². The molecule has 5 nitrogen and oxygen atoms in total. The summed E-state index contributed by atoms with van der Waals surface area (Å²) in [6, 6.07) is 9.23. The van der Waals surface area contributed by atoms with E-state index in [4.69, 9.17) is 0 Å². The van der Waals surface area contributed by atoms with Gasteiger partial charge in [0.25, 0.3) is 10.0 Å². The first-order chi connectivity index (χ1) is 13.3. The van der Waals surface area contributed by atoms with Crippen LogP contribution >= 0.6 is 15.9 Å². The molecule has 7 heteroatoms. The van der Waals surface area contributed by atoms with Crippen molar-refractivity contribution in [1.29, 1.82) is 0 Å². The zero-order valence-corrected chi connectivity index (χ0v) is 18.4. The Bertz CT molecular complexity index is 1060. The summed E-state index contributed by atoms with van der Waals surface area (Å²) in [5.74, 6) is 0.219. The number of benzene rings is 2. The number of amides is 1. The number of hydrogen-bond donors (Lipinski definition) is 1. The minimum atomic E-state index is -3.81. The van der Waals surface area contributed by atoms with Crippen molar-refractivity contribution < 1.29 is 13.2 Å². The van der Waals surface area contributed by atoms with Gasteiger partial charge in [0.05, 0.1) is 5.69 Å². The van der Waals surface area contributed by atoms with Crippen LogP contribution in [0.4, 0.5) is 11.4 Å². The van der Waals surface area contributed by atoms with Gasteiger partial charge in [0.2, 0.25) is 5.91 Å². The fourth-order valence-electron chi connectivity index (χ4n) is 3.73. The highest BCUT2D eigenvalue weighted by Crippen LogP contribution is 2.40. The van der Waals surface area contributed by atoms with Crippen LogP contribution in [0.2, 0.25) is 0 Å². The van der Waals surface area contributed by atoms with Crippen LogP contribution in [-0.4, -0.2) is 20.9 Å². The standard InChI is InChI=1S/C21H23BrN2O3S/c1-3-14-6-4-5-13(2)20(14)23-28(26,27)19-12-18-16(11-17(19)22)9-10-24(18)21(25)15-7-8-15/h4-6,11-12,15,23H,3,7-10H2,1-2H3. The van der Waals surface area contributed by atoms with Crippen LogP contribution in [0.3, 0.4) is 0 Å². The van der Waals surface area contributed by atoms with Crippen molar-refractivity contribution in [1.82, 2.24) is 0 Å². The highest BCUT2D eigenvalue weighted by Gasteiger charge is 2.37. The van der Waals surface area contributed by atoms with Crippen LogP contribution in [0.15, 0.2) is 39.7 Å². The van der Waals surface area contributed by atoms with Crippen LogP contribution < -0.4 is 9.62 Å². The second kappa shape index (κ2) is 7.19. The predicted octanol–water partition coefficient (Wildman–Crippen LogP) is 4.42. The lowest BCUT2D eigenvalue weighted by Gasteiger charge is -2.19. The van der Waals surface area contributed by atoms with Crippen molar-refractivity contribution in [2.75, 3.05) is 16.2 Å². The molecular formula is C21H23BrN2O3S. The number of aryl methyl sites for hydroxylation is 2. The molecule has 148 valence electrons. The van der Waals surface area contributed by atoms with Gasteiger partial charge in [0.1, 0.15) is 4.90 Å². The summed E-state index contributed by atoms with van der Waals surface area (Å²) < 4.78 is 29.7. The number of hydrogen-bond acceptors (Lipinski definition) is 3. The van der Waals surface area contributed by atoms with Gasteiger partial charge in [-0.2, -0.15) is 0 Å². The maximum Gasteiger partial charge on any atom is 0.263 e. The Morgan fingerprint density at radius 1 is 1.29 bits per heavy atom. The highest BCUT2D eigenvalue weighted by molar-refractivity contribution is 9.10. The zero-order valence-electron chi connectivity index (χ0n) is 16.0. The summed E-state index contributed by atoms with van der Waals surface area (Å²) in [6.45, 7) is 4.51. The molecule has 1 saturated carbocycles. The molecule has 2 aromatic carbocycles. The Morgan fingerprint density at radius 2 is 2.04 bits per heavy atom. The topological polar surface area (TPSA) is 66.5 Å². The maximum absolute atomic E-state index is 13.2. The average Bonchev–Trinajstić information content (AvgIpc) is 3.42. The average molecular weight is 463 g/mol. The molecule has 0 bridgehead atoms.